The van der Waals surface area contributed by atoms with Gasteiger partial charge in [-0.15, -0.1) is 10.2 Å². The highest BCUT2D eigenvalue weighted by Gasteiger charge is 2.41. The second kappa shape index (κ2) is 11.0. The number of nitrogens with two attached hydrogens (primary N) is 1. The Labute approximate surface area is 235 Å². The van der Waals surface area contributed by atoms with Gasteiger partial charge in [0.05, 0.1) is 29.0 Å². The molecule has 5 rings (SSSR count). The van der Waals surface area contributed by atoms with Crippen LogP contribution < -0.4 is 16.0 Å². The van der Waals surface area contributed by atoms with E-state index in [0.29, 0.717) is 34.3 Å². The molecule has 1 aliphatic heterocycles. The Morgan fingerprint density at radius 3 is 2.86 bits per heavy atom. The maximum Gasteiger partial charge on any atom is 0.234 e. The molecule has 0 radical (unpaired) electrons. The SMILES string of the molecule is N#CC1=C(N)N(c2nnc(SCC(=O)Nc3ccccc3I)s2)C2=C(C(=O)CCC2)C1c1cccnc1. The van der Waals surface area contributed by atoms with Gasteiger partial charge in [-0.1, -0.05) is 41.3 Å². The number of carbonyl (C=O) groups is 2. The van der Waals surface area contributed by atoms with Gasteiger partial charge in [0.15, 0.2) is 10.1 Å². The molecule has 1 atom stereocenters. The van der Waals surface area contributed by atoms with Crippen LogP contribution in [-0.2, 0) is 9.59 Å². The fourth-order valence-corrected chi connectivity index (χ4v) is 6.62. The summed E-state index contributed by atoms with van der Waals surface area (Å²) in [7, 11) is 0. The standard InChI is InChI=1S/C25H20IN7O2S2/c26-16-6-1-2-7-17(16)30-20(35)13-36-25-32-31-24(37-25)33-18-8-3-9-19(34)22(18)21(15(11-27)23(33)28)14-5-4-10-29-12-14/h1-2,4-7,10,12,21H,3,8-9,13,28H2,(H,30,35). The molecule has 186 valence electrons. The van der Waals surface area contributed by atoms with Crippen molar-refractivity contribution in [3.8, 4) is 6.07 Å². The number of halogens is 1. The smallest absolute Gasteiger partial charge is 0.234 e. The number of hydrogen-bond acceptors (Lipinski definition) is 10. The van der Waals surface area contributed by atoms with Gasteiger partial charge in [-0.25, -0.2) is 0 Å². The van der Waals surface area contributed by atoms with Crippen LogP contribution in [0.25, 0.3) is 0 Å². The number of amides is 1. The lowest BCUT2D eigenvalue weighted by molar-refractivity contribution is -0.116. The second-order valence-corrected chi connectivity index (χ2v) is 11.6. The van der Waals surface area contributed by atoms with E-state index >= 15 is 0 Å². The van der Waals surface area contributed by atoms with Gasteiger partial charge in [-0.05, 0) is 59.2 Å². The van der Waals surface area contributed by atoms with Crippen LogP contribution in [0.1, 0.15) is 30.7 Å². The number of benzene rings is 1. The van der Waals surface area contributed by atoms with Crippen molar-refractivity contribution >= 4 is 68.2 Å². The molecule has 12 heteroatoms. The van der Waals surface area contributed by atoms with Crippen molar-refractivity contribution in [3.63, 3.8) is 0 Å². The monoisotopic (exact) mass is 641 g/mol. The number of ketones is 1. The van der Waals surface area contributed by atoms with Crippen LogP contribution in [0.2, 0.25) is 0 Å². The Balaban J connectivity index is 1.42. The zero-order chi connectivity index (χ0) is 25.9. The summed E-state index contributed by atoms with van der Waals surface area (Å²) >= 11 is 4.70. The number of nitriles is 1. The van der Waals surface area contributed by atoms with Crippen LogP contribution in [0, 0.1) is 14.9 Å². The number of Topliss-reactive ketones (excluding diaryl/α,β-unsaturated/α-hetero) is 1. The van der Waals surface area contributed by atoms with Crippen LogP contribution in [0.5, 0.6) is 0 Å². The van der Waals surface area contributed by atoms with Crippen molar-refractivity contribution < 1.29 is 9.59 Å². The molecule has 1 unspecified atom stereocenters. The van der Waals surface area contributed by atoms with Gasteiger partial charge in [0.1, 0.15) is 5.82 Å². The second-order valence-electron chi connectivity index (χ2n) is 8.27. The molecule has 3 heterocycles. The molecule has 3 N–H and O–H groups in total. The van der Waals surface area contributed by atoms with Gasteiger partial charge in [-0.2, -0.15) is 5.26 Å². The molecule has 1 aromatic carbocycles. The van der Waals surface area contributed by atoms with E-state index in [4.69, 9.17) is 5.73 Å². The lowest BCUT2D eigenvalue weighted by Crippen LogP contribution is -2.38. The van der Waals surface area contributed by atoms with E-state index in [1.54, 1.807) is 23.4 Å². The van der Waals surface area contributed by atoms with Crippen molar-refractivity contribution in [2.75, 3.05) is 16.0 Å². The number of nitrogens with one attached hydrogen (secondary N) is 1. The van der Waals surface area contributed by atoms with Gasteiger partial charge in [-0.3, -0.25) is 19.5 Å². The molecule has 1 amide bonds. The van der Waals surface area contributed by atoms with Crippen LogP contribution in [-0.4, -0.2) is 32.6 Å². The van der Waals surface area contributed by atoms with Crippen LogP contribution in [0.4, 0.5) is 10.8 Å². The summed E-state index contributed by atoms with van der Waals surface area (Å²) in [6.07, 6.45) is 5.03. The minimum Gasteiger partial charge on any atom is -0.384 e. The molecule has 0 bridgehead atoms. The Morgan fingerprint density at radius 1 is 1.27 bits per heavy atom. The summed E-state index contributed by atoms with van der Waals surface area (Å²) in [5.41, 5.74) is 9.65. The number of carbonyl (C=O) groups excluding carboxylic acids is 2. The van der Waals surface area contributed by atoms with Crippen molar-refractivity contribution in [1.29, 1.82) is 5.26 Å². The van der Waals surface area contributed by atoms with E-state index in [0.717, 1.165) is 20.5 Å². The molecule has 2 aliphatic rings. The maximum absolute atomic E-state index is 13.2. The molecule has 9 nitrogen and oxygen atoms in total. The van der Waals surface area contributed by atoms with Crippen molar-refractivity contribution in [3.05, 3.63) is 80.6 Å². The Hall–Kier alpha value is -3.28. The zero-order valence-electron chi connectivity index (χ0n) is 19.3. The van der Waals surface area contributed by atoms with E-state index in [9.17, 15) is 14.9 Å². The van der Waals surface area contributed by atoms with Crippen molar-refractivity contribution in [2.45, 2.75) is 29.5 Å². The van der Waals surface area contributed by atoms with Crippen LogP contribution in [0.15, 0.2) is 75.8 Å². The number of anilines is 2. The number of hydrogen-bond donors (Lipinski definition) is 2. The third-order valence-electron chi connectivity index (χ3n) is 5.99. The van der Waals surface area contributed by atoms with E-state index in [1.165, 1.54) is 23.1 Å². The normalized spacial score (nSPS) is 17.5. The highest BCUT2D eigenvalue weighted by atomic mass is 127. The molecule has 0 saturated carbocycles. The molecule has 1 aliphatic carbocycles. The first-order valence-electron chi connectivity index (χ1n) is 11.3. The summed E-state index contributed by atoms with van der Waals surface area (Å²) in [4.78, 5) is 31.5. The summed E-state index contributed by atoms with van der Waals surface area (Å²) in [6, 6.07) is 13.4. The highest BCUT2D eigenvalue weighted by Crippen LogP contribution is 2.46. The van der Waals surface area contributed by atoms with Gasteiger partial charge < -0.3 is 11.1 Å². The highest BCUT2D eigenvalue weighted by molar-refractivity contribution is 14.1. The van der Waals surface area contributed by atoms with Crippen LogP contribution >= 0.6 is 45.7 Å². The topological polar surface area (TPSA) is 138 Å². The average Bonchev–Trinajstić information content (AvgIpc) is 3.37. The minimum atomic E-state index is -0.566. The fourth-order valence-electron chi connectivity index (χ4n) is 4.41. The van der Waals surface area contributed by atoms with Crippen molar-refractivity contribution in [1.82, 2.24) is 15.2 Å². The Kier molecular flexibility index (Phi) is 7.54. The lowest BCUT2D eigenvalue weighted by atomic mass is 9.76. The molecule has 3 aromatic rings. The first-order valence-corrected chi connectivity index (χ1v) is 14.2. The zero-order valence-corrected chi connectivity index (χ0v) is 23.1. The number of nitrogens with zero attached hydrogens (tertiary/aromatic N) is 5. The minimum absolute atomic E-state index is 0.00770. The van der Waals surface area contributed by atoms with E-state index in [-0.39, 0.29) is 28.8 Å². The first-order chi connectivity index (χ1) is 18.0. The van der Waals surface area contributed by atoms with Crippen LogP contribution in [0.3, 0.4) is 0 Å². The van der Waals surface area contributed by atoms with Gasteiger partial charge in [0.2, 0.25) is 11.0 Å². The van der Waals surface area contributed by atoms with Crippen molar-refractivity contribution in [2.24, 2.45) is 5.73 Å². The third-order valence-corrected chi connectivity index (χ3v) is 8.98. The number of pyridine rings is 1. The quantitative estimate of drug-likeness (QED) is 0.293. The molecule has 0 saturated heterocycles. The molecular formula is C25H20IN7O2S2. The Morgan fingerprint density at radius 2 is 2.11 bits per heavy atom. The molecule has 0 spiro atoms. The number of aromatic nitrogens is 3. The Bertz CT molecular complexity index is 1480. The largest absolute Gasteiger partial charge is 0.384 e. The summed E-state index contributed by atoms with van der Waals surface area (Å²) in [5, 5.41) is 22.0. The van der Waals surface area contributed by atoms with Gasteiger partial charge >= 0.3 is 0 Å². The number of para-hydroxylation sites is 1. The molecule has 37 heavy (non-hydrogen) atoms. The van der Waals surface area contributed by atoms with Gasteiger partial charge in [0.25, 0.3) is 0 Å². The molecular weight excluding hydrogens is 621 g/mol. The first kappa shape index (κ1) is 25.4. The summed E-state index contributed by atoms with van der Waals surface area (Å²) in [5.74, 6) is -0.342. The lowest BCUT2D eigenvalue weighted by Gasteiger charge is -2.37. The average molecular weight is 642 g/mol. The van der Waals surface area contributed by atoms with E-state index in [2.05, 4.69) is 49.2 Å². The number of allylic oxidation sites excluding steroid dienone is 3. The third kappa shape index (κ3) is 5.11. The predicted octanol–water partition coefficient (Wildman–Crippen LogP) is 4.57. The summed E-state index contributed by atoms with van der Waals surface area (Å²) < 4.78 is 1.53. The number of rotatable bonds is 6. The van der Waals surface area contributed by atoms with E-state index < -0.39 is 5.92 Å². The summed E-state index contributed by atoms with van der Waals surface area (Å²) in [6.45, 7) is 0. The molecule has 0 fully saturated rings. The maximum atomic E-state index is 13.2. The van der Waals surface area contributed by atoms with Gasteiger partial charge in [0, 0.05) is 33.7 Å². The fraction of sp³-hybridized carbons (Fsp3) is 0.200. The predicted molar refractivity (Wildman–Crippen MR) is 151 cm³/mol. The number of thioether (sulfide) groups is 1. The molecule has 2 aromatic heterocycles. The van der Waals surface area contributed by atoms with E-state index in [1.807, 2.05) is 30.3 Å².